The van der Waals surface area contributed by atoms with Crippen molar-refractivity contribution in [2.24, 2.45) is 0 Å². The zero-order chi connectivity index (χ0) is 17.5. The number of nitrogen functional groups attached to an aromatic ring is 2. The Bertz CT molecular complexity index is 671. The van der Waals surface area contributed by atoms with Crippen LogP contribution in [0.25, 0.3) is 0 Å². The summed E-state index contributed by atoms with van der Waals surface area (Å²) in [6, 6.07) is 13.1. The van der Waals surface area contributed by atoms with E-state index in [4.69, 9.17) is 20.9 Å². The van der Waals surface area contributed by atoms with Gasteiger partial charge in [0.1, 0.15) is 0 Å². The van der Waals surface area contributed by atoms with Gasteiger partial charge in [0.25, 0.3) is 0 Å². The summed E-state index contributed by atoms with van der Waals surface area (Å²) in [6.07, 6.45) is 0.0331. The molecule has 0 radical (unpaired) electrons. The summed E-state index contributed by atoms with van der Waals surface area (Å²) in [4.78, 5) is 24.4. The quantitative estimate of drug-likeness (QED) is 0.480. The second-order valence-electron chi connectivity index (χ2n) is 5.20. The van der Waals surface area contributed by atoms with Gasteiger partial charge in [-0.3, -0.25) is 0 Å². The molecule has 2 aromatic rings. The lowest BCUT2D eigenvalue weighted by molar-refractivity contribution is -0.0829. The zero-order valence-corrected chi connectivity index (χ0v) is 13.4. The van der Waals surface area contributed by atoms with Crippen molar-refractivity contribution in [3.05, 3.63) is 59.7 Å². The van der Waals surface area contributed by atoms with Crippen molar-refractivity contribution in [3.8, 4) is 0 Å². The van der Waals surface area contributed by atoms with E-state index < -0.39 is 18.2 Å². The SMILES string of the molecule is CCCC(OC(=O)c1ccccc1N)OC(=O)c1ccccc1N. The van der Waals surface area contributed by atoms with E-state index in [1.54, 1.807) is 48.5 Å². The highest BCUT2D eigenvalue weighted by Gasteiger charge is 2.22. The molecule has 0 saturated heterocycles. The van der Waals surface area contributed by atoms with Gasteiger partial charge in [-0.15, -0.1) is 0 Å². The number of carbonyl (C=O) groups is 2. The van der Waals surface area contributed by atoms with Crippen LogP contribution in [0.2, 0.25) is 0 Å². The number of esters is 2. The van der Waals surface area contributed by atoms with Crippen LogP contribution in [0.4, 0.5) is 11.4 Å². The van der Waals surface area contributed by atoms with Crippen LogP contribution in [0.3, 0.4) is 0 Å². The molecule has 0 spiro atoms. The maximum Gasteiger partial charge on any atom is 0.343 e. The fourth-order valence-electron chi connectivity index (χ4n) is 2.11. The van der Waals surface area contributed by atoms with Crippen LogP contribution >= 0.6 is 0 Å². The van der Waals surface area contributed by atoms with Crippen molar-refractivity contribution in [3.63, 3.8) is 0 Å². The lowest BCUT2D eigenvalue weighted by Crippen LogP contribution is -2.25. The van der Waals surface area contributed by atoms with Gasteiger partial charge in [0, 0.05) is 17.8 Å². The topological polar surface area (TPSA) is 105 Å². The number of ether oxygens (including phenoxy) is 2. The molecule has 0 aliphatic heterocycles. The first-order chi connectivity index (χ1) is 11.5. The van der Waals surface area contributed by atoms with Gasteiger partial charge in [0.05, 0.1) is 11.1 Å². The number of nitrogens with two attached hydrogens (primary N) is 2. The normalized spacial score (nSPS) is 10.4. The van der Waals surface area contributed by atoms with E-state index in [0.29, 0.717) is 24.2 Å². The summed E-state index contributed by atoms with van der Waals surface area (Å²) in [7, 11) is 0. The Hall–Kier alpha value is -3.02. The second-order valence-corrected chi connectivity index (χ2v) is 5.20. The molecule has 2 rings (SSSR count). The van der Waals surface area contributed by atoms with Gasteiger partial charge in [0.2, 0.25) is 6.29 Å². The first kappa shape index (κ1) is 17.3. The van der Waals surface area contributed by atoms with Crippen molar-refractivity contribution in [2.45, 2.75) is 26.1 Å². The van der Waals surface area contributed by atoms with Gasteiger partial charge in [-0.1, -0.05) is 31.2 Å². The number of hydrogen-bond donors (Lipinski definition) is 2. The Morgan fingerprint density at radius 2 is 1.29 bits per heavy atom. The molecule has 24 heavy (non-hydrogen) atoms. The van der Waals surface area contributed by atoms with Crippen LogP contribution in [0.15, 0.2) is 48.5 Å². The highest BCUT2D eigenvalue weighted by atomic mass is 16.7. The lowest BCUT2D eigenvalue weighted by atomic mass is 10.2. The zero-order valence-electron chi connectivity index (χ0n) is 13.4. The molecule has 0 amide bonds. The number of anilines is 2. The maximum atomic E-state index is 12.2. The molecular weight excluding hydrogens is 308 g/mol. The minimum Gasteiger partial charge on any atom is -0.421 e. The van der Waals surface area contributed by atoms with Gasteiger partial charge in [-0.25, -0.2) is 9.59 Å². The standard InChI is InChI=1S/C18H20N2O4/c1-2-7-16(23-17(21)12-8-3-5-10-14(12)19)24-18(22)13-9-4-6-11-15(13)20/h3-6,8-11,16H,2,7,19-20H2,1H3. The number of hydrogen-bond acceptors (Lipinski definition) is 6. The van der Waals surface area contributed by atoms with Crippen LogP contribution in [0.1, 0.15) is 40.5 Å². The van der Waals surface area contributed by atoms with Crippen LogP contribution in [-0.2, 0) is 9.47 Å². The highest BCUT2D eigenvalue weighted by Crippen LogP contribution is 2.18. The minimum absolute atomic E-state index is 0.230. The summed E-state index contributed by atoms with van der Waals surface area (Å²) in [5, 5.41) is 0. The van der Waals surface area contributed by atoms with Crippen LogP contribution in [-0.4, -0.2) is 18.2 Å². The minimum atomic E-state index is -1.01. The van der Waals surface area contributed by atoms with Crippen LogP contribution < -0.4 is 11.5 Å². The Balaban J connectivity index is 2.09. The van der Waals surface area contributed by atoms with Gasteiger partial charge < -0.3 is 20.9 Å². The van der Waals surface area contributed by atoms with E-state index in [9.17, 15) is 9.59 Å². The van der Waals surface area contributed by atoms with Crippen molar-refractivity contribution in [2.75, 3.05) is 11.5 Å². The molecule has 0 fully saturated rings. The van der Waals surface area contributed by atoms with Gasteiger partial charge >= 0.3 is 11.9 Å². The van der Waals surface area contributed by atoms with Crippen LogP contribution in [0, 0.1) is 0 Å². The Morgan fingerprint density at radius 1 is 0.875 bits per heavy atom. The number of carbonyl (C=O) groups excluding carboxylic acids is 2. The molecule has 0 aliphatic carbocycles. The van der Waals surface area contributed by atoms with E-state index in [0.717, 1.165) is 0 Å². The third-order valence-electron chi connectivity index (χ3n) is 3.36. The van der Waals surface area contributed by atoms with Gasteiger partial charge in [-0.05, 0) is 30.7 Å². The van der Waals surface area contributed by atoms with Crippen LogP contribution in [0.5, 0.6) is 0 Å². The molecule has 2 aromatic carbocycles. The monoisotopic (exact) mass is 328 g/mol. The lowest BCUT2D eigenvalue weighted by Gasteiger charge is -2.18. The third kappa shape index (κ3) is 4.25. The molecule has 0 aliphatic rings. The van der Waals surface area contributed by atoms with Crippen molar-refractivity contribution >= 4 is 23.3 Å². The molecule has 0 saturated carbocycles. The average Bonchev–Trinajstić information content (AvgIpc) is 2.55. The fraction of sp³-hybridized carbons (Fsp3) is 0.222. The molecule has 6 nitrogen and oxygen atoms in total. The Morgan fingerprint density at radius 3 is 1.67 bits per heavy atom. The summed E-state index contributed by atoms with van der Waals surface area (Å²) in [5.74, 6) is -1.28. The molecule has 6 heteroatoms. The predicted molar refractivity (Wildman–Crippen MR) is 91.2 cm³/mol. The maximum absolute atomic E-state index is 12.2. The van der Waals surface area contributed by atoms with E-state index in [1.165, 1.54) is 0 Å². The average molecular weight is 328 g/mol. The Kier molecular flexibility index (Phi) is 5.78. The van der Waals surface area contributed by atoms with Crippen molar-refractivity contribution < 1.29 is 19.1 Å². The first-order valence-electron chi connectivity index (χ1n) is 7.64. The third-order valence-corrected chi connectivity index (χ3v) is 3.36. The van der Waals surface area contributed by atoms with Gasteiger partial charge in [0.15, 0.2) is 0 Å². The Labute approximate surface area is 140 Å². The predicted octanol–water partition coefficient (Wildman–Crippen LogP) is 2.99. The molecule has 126 valence electrons. The molecule has 0 aromatic heterocycles. The van der Waals surface area contributed by atoms with E-state index in [-0.39, 0.29) is 11.1 Å². The number of benzene rings is 2. The van der Waals surface area contributed by atoms with E-state index in [2.05, 4.69) is 0 Å². The van der Waals surface area contributed by atoms with Gasteiger partial charge in [-0.2, -0.15) is 0 Å². The highest BCUT2D eigenvalue weighted by molar-refractivity contribution is 5.96. The summed E-state index contributed by atoms with van der Waals surface area (Å²) in [6.45, 7) is 1.89. The number of rotatable bonds is 6. The molecule has 4 N–H and O–H groups in total. The van der Waals surface area contributed by atoms with E-state index >= 15 is 0 Å². The molecule has 0 unspecified atom stereocenters. The molecule has 0 heterocycles. The second kappa shape index (κ2) is 8.01. The fourth-order valence-corrected chi connectivity index (χ4v) is 2.11. The van der Waals surface area contributed by atoms with E-state index in [1.807, 2.05) is 6.92 Å². The summed E-state index contributed by atoms with van der Waals surface area (Å²) < 4.78 is 10.6. The van der Waals surface area contributed by atoms with Crippen molar-refractivity contribution in [1.29, 1.82) is 0 Å². The summed E-state index contributed by atoms with van der Waals surface area (Å²) in [5.41, 5.74) is 12.6. The largest absolute Gasteiger partial charge is 0.421 e. The molecule has 0 bridgehead atoms. The molecule has 0 atom stereocenters. The smallest absolute Gasteiger partial charge is 0.343 e. The molecular formula is C18H20N2O4. The summed E-state index contributed by atoms with van der Waals surface area (Å²) >= 11 is 0. The first-order valence-corrected chi connectivity index (χ1v) is 7.64. The van der Waals surface area contributed by atoms with Crippen molar-refractivity contribution in [1.82, 2.24) is 0 Å². The number of para-hydroxylation sites is 2.